The fraction of sp³-hybridized carbons (Fsp3) is 0.529. The Morgan fingerprint density at radius 1 is 1.04 bits per heavy atom. The van der Waals surface area contributed by atoms with Crippen LogP contribution in [-0.4, -0.2) is 42.1 Å². The predicted molar refractivity (Wildman–Crippen MR) is 88.0 cm³/mol. The zero-order chi connectivity index (χ0) is 19.3. The van der Waals surface area contributed by atoms with E-state index >= 15 is 0 Å². The van der Waals surface area contributed by atoms with Gasteiger partial charge < -0.3 is 20.0 Å². The maximum Gasteiger partial charge on any atom is 0.347 e. The lowest BCUT2D eigenvalue weighted by Crippen LogP contribution is -2.44. The number of fused-ring (bicyclic) bond motifs is 2. The smallest absolute Gasteiger partial charge is 0.347 e. The van der Waals surface area contributed by atoms with Crippen molar-refractivity contribution in [1.82, 2.24) is 10.9 Å². The fourth-order valence-corrected chi connectivity index (χ4v) is 3.40. The van der Waals surface area contributed by atoms with Crippen LogP contribution in [0.3, 0.4) is 0 Å². The van der Waals surface area contributed by atoms with Crippen molar-refractivity contribution in [3.8, 4) is 0 Å². The van der Waals surface area contributed by atoms with Crippen molar-refractivity contribution in [2.75, 3.05) is 13.2 Å². The summed E-state index contributed by atoms with van der Waals surface area (Å²) in [7, 11) is 0. The number of carbonyl (C=O) groups is 4. The van der Waals surface area contributed by atoms with Crippen LogP contribution in [0.15, 0.2) is 23.9 Å². The zero-order valence-electron chi connectivity index (χ0n) is 14.6. The van der Waals surface area contributed by atoms with Gasteiger partial charge in [0.05, 0.1) is 25.0 Å². The number of aliphatic carboxylic acids is 1. The van der Waals surface area contributed by atoms with E-state index in [0.29, 0.717) is 6.42 Å². The third-order valence-electron chi connectivity index (χ3n) is 4.45. The van der Waals surface area contributed by atoms with E-state index < -0.39 is 41.2 Å². The molecule has 0 heterocycles. The first-order valence-electron chi connectivity index (χ1n) is 8.41. The summed E-state index contributed by atoms with van der Waals surface area (Å²) >= 11 is 0. The Kier molecular flexibility index (Phi) is 6.37. The summed E-state index contributed by atoms with van der Waals surface area (Å²) in [6.07, 6.45) is 5.29. The molecule has 0 aromatic rings. The van der Waals surface area contributed by atoms with Crippen molar-refractivity contribution < 1.29 is 33.8 Å². The molecule has 142 valence electrons. The molecule has 0 unspecified atom stereocenters. The quantitative estimate of drug-likeness (QED) is 0.138. The number of hydrazine groups is 1. The van der Waals surface area contributed by atoms with Gasteiger partial charge in [-0.25, -0.2) is 9.59 Å². The largest absolute Gasteiger partial charge is 0.481 e. The van der Waals surface area contributed by atoms with Crippen LogP contribution in [0.5, 0.6) is 0 Å². The van der Waals surface area contributed by atoms with Crippen LogP contribution in [0.2, 0.25) is 0 Å². The molecular weight excluding hydrogens is 344 g/mol. The van der Waals surface area contributed by atoms with E-state index in [4.69, 9.17) is 9.47 Å². The van der Waals surface area contributed by atoms with Crippen molar-refractivity contribution in [2.24, 2.45) is 23.7 Å². The summed E-state index contributed by atoms with van der Waals surface area (Å²) in [5, 5.41) is 9.36. The molecule has 0 radical (unpaired) electrons. The average molecular weight is 366 g/mol. The molecule has 2 aliphatic carbocycles. The number of allylic oxidation sites excluding steroid dienone is 2. The summed E-state index contributed by atoms with van der Waals surface area (Å²) in [6.45, 7) is 3.31. The number of carboxylic acid groups (broad SMARTS) is 1. The lowest BCUT2D eigenvalue weighted by Gasteiger charge is -2.23. The number of nitrogens with one attached hydrogen (secondary N) is 2. The van der Waals surface area contributed by atoms with E-state index in [2.05, 4.69) is 10.9 Å². The summed E-state index contributed by atoms with van der Waals surface area (Å²) in [5.74, 6) is -5.10. The first-order valence-corrected chi connectivity index (χ1v) is 8.41. The fourth-order valence-electron chi connectivity index (χ4n) is 3.40. The predicted octanol–water partition coefficient (Wildman–Crippen LogP) is 0.140. The van der Waals surface area contributed by atoms with E-state index in [1.165, 1.54) is 0 Å². The summed E-state index contributed by atoms with van der Waals surface area (Å²) in [4.78, 5) is 47.4. The molecule has 0 aromatic carbocycles. The Labute approximate surface area is 150 Å². The van der Waals surface area contributed by atoms with Gasteiger partial charge in [0.1, 0.15) is 0 Å². The number of rotatable bonds is 8. The third-order valence-corrected chi connectivity index (χ3v) is 4.45. The monoisotopic (exact) mass is 366 g/mol. The Morgan fingerprint density at radius 3 is 2.08 bits per heavy atom. The standard InChI is InChI=1S/C17H22N2O7/c1-3-25-16(23)11(17(24)26-4-2)8-18-19-14(20)12-9-5-6-10(7-9)13(12)15(21)22/h5-6,8-10,12-13,18H,3-4,7H2,1-2H3,(H,19,20)(H,21,22)/t9-,10+,12+,13+/m1/s1. The second-order valence-electron chi connectivity index (χ2n) is 5.97. The zero-order valence-corrected chi connectivity index (χ0v) is 14.6. The first kappa shape index (κ1) is 19.5. The average Bonchev–Trinajstić information content (AvgIpc) is 3.19. The highest BCUT2D eigenvalue weighted by Crippen LogP contribution is 2.48. The number of esters is 2. The number of hydrogen-bond donors (Lipinski definition) is 3. The Hall–Kier alpha value is -2.84. The molecule has 0 spiro atoms. The Balaban J connectivity index is 2.03. The van der Waals surface area contributed by atoms with Crippen molar-refractivity contribution in [1.29, 1.82) is 0 Å². The van der Waals surface area contributed by atoms with Gasteiger partial charge in [0.2, 0.25) is 5.91 Å². The van der Waals surface area contributed by atoms with Crippen molar-refractivity contribution >= 4 is 23.8 Å². The summed E-state index contributed by atoms with van der Waals surface area (Å²) in [6, 6.07) is 0. The maximum atomic E-state index is 12.4. The molecule has 4 atom stereocenters. The minimum Gasteiger partial charge on any atom is -0.481 e. The molecule has 2 aliphatic rings. The van der Waals surface area contributed by atoms with Crippen molar-refractivity contribution in [2.45, 2.75) is 20.3 Å². The number of carbonyl (C=O) groups excluding carboxylic acids is 3. The maximum absolute atomic E-state index is 12.4. The number of hydrogen-bond acceptors (Lipinski definition) is 7. The number of carboxylic acids is 1. The minimum atomic E-state index is -1.02. The van der Waals surface area contributed by atoms with Gasteiger partial charge >= 0.3 is 17.9 Å². The van der Waals surface area contributed by atoms with Gasteiger partial charge in [-0.05, 0) is 32.1 Å². The lowest BCUT2D eigenvalue weighted by atomic mass is 9.82. The molecule has 2 bridgehead atoms. The van der Waals surface area contributed by atoms with Crippen molar-refractivity contribution in [3.05, 3.63) is 23.9 Å². The van der Waals surface area contributed by atoms with Crippen LogP contribution in [0.25, 0.3) is 0 Å². The Morgan fingerprint density at radius 2 is 1.58 bits per heavy atom. The highest BCUT2D eigenvalue weighted by molar-refractivity contribution is 6.14. The van der Waals surface area contributed by atoms with Crippen LogP contribution in [0, 0.1) is 23.7 Å². The molecule has 2 rings (SSSR count). The normalized spacial score (nSPS) is 25.3. The van der Waals surface area contributed by atoms with Gasteiger partial charge in [0, 0.05) is 6.20 Å². The molecule has 1 fully saturated rings. The molecule has 0 aliphatic heterocycles. The molecule has 3 N–H and O–H groups in total. The molecule has 1 amide bonds. The molecule has 0 saturated heterocycles. The van der Waals surface area contributed by atoms with Gasteiger partial charge in [-0.3, -0.25) is 15.0 Å². The Bertz CT molecular complexity index is 635. The van der Waals surface area contributed by atoms with Crippen LogP contribution >= 0.6 is 0 Å². The third kappa shape index (κ3) is 4.04. The van der Waals surface area contributed by atoms with Crippen LogP contribution < -0.4 is 10.9 Å². The second-order valence-corrected chi connectivity index (χ2v) is 5.97. The van der Waals surface area contributed by atoms with Gasteiger partial charge in [0.15, 0.2) is 5.57 Å². The van der Waals surface area contributed by atoms with Gasteiger partial charge in [0.25, 0.3) is 0 Å². The van der Waals surface area contributed by atoms with Crippen LogP contribution in [0.1, 0.15) is 20.3 Å². The van der Waals surface area contributed by atoms with Gasteiger partial charge in [-0.2, -0.15) is 0 Å². The SMILES string of the molecule is CCOC(=O)C(=CNNC(=O)[C@@H]1[C@@H](C(=O)O)[C@H]2C=C[C@@H]1C2)C(=O)OCC. The summed E-state index contributed by atoms with van der Waals surface area (Å²) in [5.41, 5.74) is 4.31. The molecule has 0 aromatic heterocycles. The topological polar surface area (TPSA) is 131 Å². The number of ether oxygens (including phenoxy) is 2. The molecule has 1 saturated carbocycles. The van der Waals surface area contributed by atoms with E-state index in [0.717, 1.165) is 6.20 Å². The molecule has 9 nitrogen and oxygen atoms in total. The van der Waals surface area contributed by atoms with Gasteiger partial charge in [-0.1, -0.05) is 12.2 Å². The van der Waals surface area contributed by atoms with Crippen molar-refractivity contribution in [3.63, 3.8) is 0 Å². The van der Waals surface area contributed by atoms with E-state index in [1.807, 2.05) is 12.2 Å². The minimum absolute atomic E-state index is 0.0692. The lowest BCUT2D eigenvalue weighted by molar-refractivity contribution is -0.148. The highest BCUT2D eigenvalue weighted by Gasteiger charge is 2.51. The van der Waals surface area contributed by atoms with E-state index in [1.54, 1.807) is 13.8 Å². The molecule has 9 heteroatoms. The molecule has 26 heavy (non-hydrogen) atoms. The summed E-state index contributed by atoms with van der Waals surface area (Å²) < 4.78 is 9.54. The van der Waals surface area contributed by atoms with E-state index in [9.17, 15) is 24.3 Å². The second kappa shape index (κ2) is 8.50. The number of amides is 1. The molecular formula is C17H22N2O7. The van der Waals surface area contributed by atoms with Crippen LogP contribution in [0.4, 0.5) is 0 Å². The van der Waals surface area contributed by atoms with Crippen LogP contribution in [-0.2, 0) is 28.7 Å². The van der Waals surface area contributed by atoms with E-state index in [-0.39, 0.29) is 25.0 Å². The highest BCUT2D eigenvalue weighted by atomic mass is 16.6. The van der Waals surface area contributed by atoms with Gasteiger partial charge in [-0.15, -0.1) is 0 Å². The first-order chi connectivity index (χ1) is 12.4.